The Labute approximate surface area is 124 Å². The van der Waals surface area contributed by atoms with Crippen LogP contribution in [0.4, 0.5) is 5.69 Å². The van der Waals surface area contributed by atoms with Crippen LogP contribution in [-0.2, 0) is 4.79 Å². The summed E-state index contributed by atoms with van der Waals surface area (Å²) in [6, 6.07) is 14.6. The van der Waals surface area contributed by atoms with E-state index < -0.39 is 0 Å². The highest BCUT2D eigenvalue weighted by atomic mass is 16.3. The van der Waals surface area contributed by atoms with Crippen molar-refractivity contribution in [3.8, 4) is 5.75 Å². The summed E-state index contributed by atoms with van der Waals surface area (Å²) in [7, 11) is 0. The maximum absolute atomic E-state index is 11.8. The van der Waals surface area contributed by atoms with E-state index in [1.165, 1.54) is 17.7 Å². The molecule has 1 amide bonds. The third-order valence-corrected chi connectivity index (χ3v) is 3.14. The number of nitrogens with one attached hydrogen (secondary N) is 1. The van der Waals surface area contributed by atoms with Crippen LogP contribution in [0.25, 0.3) is 6.08 Å². The predicted molar refractivity (Wildman–Crippen MR) is 86.3 cm³/mol. The van der Waals surface area contributed by atoms with Crippen molar-refractivity contribution in [2.45, 2.75) is 19.8 Å². The number of anilines is 1. The molecule has 0 atom stereocenters. The van der Waals surface area contributed by atoms with Crippen molar-refractivity contribution >= 4 is 17.7 Å². The molecule has 0 saturated carbocycles. The number of rotatable bonds is 4. The highest BCUT2D eigenvalue weighted by Crippen LogP contribution is 2.16. The molecule has 0 aliphatic heterocycles. The van der Waals surface area contributed by atoms with E-state index in [9.17, 15) is 9.90 Å². The summed E-state index contributed by atoms with van der Waals surface area (Å²) in [5.41, 5.74) is 2.82. The Morgan fingerprint density at radius 2 is 1.86 bits per heavy atom. The third kappa shape index (κ3) is 4.49. The van der Waals surface area contributed by atoms with Crippen LogP contribution in [0.3, 0.4) is 0 Å². The van der Waals surface area contributed by atoms with E-state index in [0.717, 1.165) is 5.56 Å². The number of hydrogen-bond donors (Lipinski definition) is 2. The van der Waals surface area contributed by atoms with E-state index in [0.29, 0.717) is 11.6 Å². The third-order valence-electron chi connectivity index (χ3n) is 3.14. The summed E-state index contributed by atoms with van der Waals surface area (Å²) < 4.78 is 0. The Hall–Kier alpha value is -2.55. The minimum absolute atomic E-state index is 0.126. The van der Waals surface area contributed by atoms with Crippen LogP contribution in [0.5, 0.6) is 5.75 Å². The fourth-order valence-electron chi connectivity index (χ4n) is 1.93. The van der Waals surface area contributed by atoms with Gasteiger partial charge in [0.25, 0.3) is 0 Å². The van der Waals surface area contributed by atoms with Gasteiger partial charge in [-0.2, -0.15) is 0 Å². The normalized spacial score (nSPS) is 11.0. The average molecular weight is 281 g/mol. The molecule has 0 aliphatic rings. The average Bonchev–Trinajstić information content (AvgIpc) is 2.45. The van der Waals surface area contributed by atoms with Crippen molar-refractivity contribution in [3.05, 3.63) is 65.7 Å². The van der Waals surface area contributed by atoms with Crippen LogP contribution in [0, 0.1) is 0 Å². The van der Waals surface area contributed by atoms with E-state index in [2.05, 4.69) is 31.3 Å². The first kappa shape index (κ1) is 14.9. The maximum Gasteiger partial charge on any atom is 0.248 e. The first-order chi connectivity index (χ1) is 10.0. The predicted octanol–water partition coefficient (Wildman–Crippen LogP) is 4.17. The summed E-state index contributed by atoms with van der Waals surface area (Å²) in [5, 5.41) is 12.0. The molecular formula is C18H19NO2. The summed E-state index contributed by atoms with van der Waals surface area (Å²) in [5.74, 6) is 0.395. The highest BCUT2D eigenvalue weighted by molar-refractivity contribution is 6.02. The van der Waals surface area contributed by atoms with Gasteiger partial charge in [-0.3, -0.25) is 4.79 Å². The number of phenols is 1. The van der Waals surface area contributed by atoms with E-state index in [1.54, 1.807) is 24.3 Å². The van der Waals surface area contributed by atoms with Crippen molar-refractivity contribution in [2.24, 2.45) is 0 Å². The van der Waals surface area contributed by atoms with Gasteiger partial charge >= 0.3 is 0 Å². The van der Waals surface area contributed by atoms with E-state index in [1.807, 2.05) is 12.1 Å². The lowest BCUT2D eigenvalue weighted by molar-refractivity contribution is -0.111. The number of carbonyl (C=O) groups is 1. The lowest BCUT2D eigenvalue weighted by atomic mass is 10.0. The van der Waals surface area contributed by atoms with Crippen LogP contribution in [-0.4, -0.2) is 11.0 Å². The number of amides is 1. The fraction of sp³-hybridized carbons (Fsp3) is 0.167. The lowest BCUT2D eigenvalue weighted by Crippen LogP contribution is -2.07. The standard InChI is InChI=1S/C18H19NO2/c1-13(2)15-9-6-14(7-10-15)8-11-18(21)19-16-4-3-5-17(20)12-16/h3-13,20H,1-2H3,(H,19,21)/b11-8+. The first-order valence-electron chi connectivity index (χ1n) is 6.92. The molecule has 0 fully saturated rings. The van der Waals surface area contributed by atoms with Gasteiger partial charge in [0.05, 0.1) is 0 Å². The quantitative estimate of drug-likeness (QED) is 0.826. The number of hydrogen-bond acceptors (Lipinski definition) is 2. The Bertz CT molecular complexity index is 643. The zero-order valence-corrected chi connectivity index (χ0v) is 12.2. The van der Waals surface area contributed by atoms with Crippen LogP contribution < -0.4 is 5.32 Å². The Morgan fingerprint density at radius 3 is 2.48 bits per heavy atom. The van der Waals surface area contributed by atoms with E-state index in [4.69, 9.17) is 0 Å². The van der Waals surface area contributed by atoms with Gasteiger partial charge < -0.3 is 10.4 Å². The molecular weight excluding hydrogens is 262 g/mol. The number of benzene rings is 2. The molecule has 0 unspecified atom stereocenters. The number of phenolic OH excluding ortho intramolecular Hbond substituents is 1. The highest BCUT2D eigenvalue weighted by Gasteiger charge is 2.00. The molecule has 21 heavy (non-hydrogen) atoms. The molecule has 0 bridgehead atoms. The molecule has 0 aromatic heterocycles. The molecule has 3 heteroatoms. The molecule has 0 spiro atoms. The second kappa shape index (κ2) is 6.75. The van der Waals surface area contributed by atoms with Gasteiger partial charge in [-0.05, 0) is 35.3 Å². The molecule has 0 aliphatic carbocycles. The van der Waals surface area contributed by atoms with Gasteiger partial charge in [0.15, 0.2) is 0 Å². The topological polar surface area (TPSA) is 49.3 Å². The maximum atomic E-state index is 11.8. The lowest BCUT2D eigenvalue weighted by Gasteiger charge is -2.05. The largest absolute Gasteiger partial charge is 0.508 e. The molecule has 0 radical (unpaired) electrons. The molecule has 2 aromatic carbocycles. The summed E-state index contributed by atoms with van der Waals surface area (Å²) in [6.07, 6.45) is 3.25. The van der Waals surface area contributed by atoms with Gasteiger partial charge in [-0.25, -0.2) is 0 Å². The van der Waals surface area contributed by atoms with Crippen molar-refractivity contribution < 1.29 is 9.90 Å². The molecule has 2 rings (SSSR count). The minimum atomic E-state index is -0.228. The zero-order chi connectivity index (χ0) is 15.2. The molecule has 3 nitrogen and oxygen atoms in total. The van der Waals surface area contributed by atoms with Gasteiger partial charge in [0.2, 0.25) is 5.91 Å². The van der Waals surface area contributed by atoms with Crippen LogP contribution in [0.2, 0.25) is 0 Å². The second-order valence-electron chi connectivity index (χ2n) is 5.19. The first-order valence-corrected chi connectivity index (χ1v) is 6.92. The van der Waals surface area contributed by atoms with Crippen molar-refractivity contribution in [1.29, 1.82) is 0 Å². The van der Waals surface area contributed by atoms with Crippen molar-refractivity contribution in [2.75, 3.05) is 5.32 Å². The molecule has 2 N–H and O–H groups in total. The van der Waals surface area contributed by atoms with Crippen LogP contribution in [0.15, 0.2) is 54.6 Å². The molecule has 108 valence electrons. The Morgan fingerprint density at radius 1 is 1.14 bits per heavy atom. The SMILES string of the molecule is CC(C)c1ccc(/C=C/C(=O)Nc2cccc(O)c2)cc1. The van der Waals surface area contributed by atoms with Gasteiger partial charge in [0.1, 0.15) is 5.75 Å². The van der Waals surface area contributed by atoms with Gasteiger partial charge in [-0.1, -0.05) is 44.2 Å². The van der Waals surface area contributed by atoms with Crippen LogP contribution >= 0.6 is 0 Å². The minimum Gasteiger partial charge on any atom is -0.508 e. The van der Waals surface area contributed by atoms with Gasteiger partial charge in [-0.15, -0.1) is 0 Å². The molecule has 2 aromatic rings. The zero-order valence-electron chi connectivity index (χ0n) is 12.2. The summed E-state index contributed by atoms with van der Waals surface area (Å²) in [4.78, 5) is 11.8. The van der Waals surface area contributed by atoms with E-state index >= 15 is 0 Å². The van der Waals surface area contributed by atoms with Crippen molar-refractivity contribution in [3.63, 3.8) is 0 Å². The summed E-state index contributed by atoms with van der Waals surface area (Å²) >= 11 is 0. The monoisotopic (exact) mass is 281 g/mol. The van der Waals surface area contributed by atoms with Gasteiger partial charge in [0, 0.05) is 17.8 Å². The van der Waals surface area contributed by atoms with E-state index in [-0.39, 0.29) is 11.7 Å². The Balaban J connectivity index is 1.98. The molecule has 0 saturated heterocycles. The summed E-state index contributed by atoms with van der Waals surface area (Å²) in [6.45, 7) is 4.29. The second-order valence-corrected chi connectivity index (χ2v) is 5.19. The Kier molecular flexibility index (Phi) is 4.77. The smallest absolute Gasteiger partial charge is 0.248 e. The number of carbonyl (C=O) groups excluding carboxylic acids is 1. The van der Waals surface area contributed by atoms with Crippen LogP contribution in [0.1, 0.15) is 30.9 Å². The van der Waals surface area contributed by atoms with Crippen molar-refractivity contribution in [1.82, 2.24) is 0 Å². The fourth-order valence-corrected chi connectivity index (χ4v) is 1.93. The number of aromatic hydroxyl groups is 1. The molecule has 0 heterocycles.